The molecule has 0 aromatic heterocycles. The molecular formula is C9H10F5NO5S. The Morgan fingerprint density at radius 3 is 2.14 bits per heavy atom. The summed E-state index contributed by atoms with van der Waals surface area (Å²) < 4.78 is 85.1. The van der Waals surface area contributed by atoms with Crippen molar-refractivity contribution in [2.24, 2.45) is 0 Å². The third-order valence-corrected chi connectivity index (χ3v) is 4.52. The van der Waals surface area contributed by atoms with Crippen LogP contribution in [0.2, 0.25) is 0 Å². The van der Waals surface area contributed by atoms with Crippen molar-refractivity contribution < 1.29 is 45.1 Å². The van der Waals surface area contributed by atoms with Gasteiger partial charge in [-0.05, 0) is 0 Å². The summed E-state index contributed by atoms with van der Waals surface area (Å²) in [5.41, 5.74) is 0. The first-order valence-corrected chi connectivity index (χ1v) is 7.28. The van der Waals surface area contributed by atoms with Crippen LogP contribution in [-0.2, 0) is 19.4 Å². The van der Waals surface area contributed by atoms with Gasteiger partial charge in [-0.1, -0.05) is 0 Å². The molecule has 0 bridgehead atoms. The molecule has 1 N–H and O–H groups in total. The summed E-state index contributed by atoms with van der Waals surface area (Å²) in [7, 11) is -3.81. The number of halogens is 5. The Kier molecular flexibility index (Phi) is 4.51. The molecule has 1 fully saturated rings. The number of carbonyl (C=O) groups is 2. The zero-order valence-electron chi connectivity index (χ0n) is 10.2. The molecule has 1 atom stereocenters. The third kappa shape index (κ3) is 3.80. The van der Waals surface area contributed by atoms with Gasteiger partial charge in [-0.25, -0.2) is 8.42 Å². The molecule has 0 aromatic rings. The summed E-state index contributed by atoms with van der Waals surface area (Å²) in [6.07, 6.45) is -7.19. The average molecular weight is 339 g/mol. The van der Waals surface area contributed by atoms with Gasteiger partial charge < -0.3 is 10.0 Å². The number of carboxylic acid groups (broad SMARTS) is 1. The Hall–Kier alpha value is -1.46. The van der Waals surface area contributed by atoms with Crippen LogP contribution in [0.15, 0.2) is 0 Å². The predicted octanol–water partition coefficient (Wildman–Crippen LogP) is 0.284. The molecule has 1 amide bonds. The Morgan fingerprint density at radius 2 is 1.71 bits per heavy atom. The molecule has 0 aliphatic carbocycles. The lowest BCUT2D eigenvalue weighted by molar-refractivity contribution is -0.275. The SMILES string of the molecule is O=C(O)CC1CS(=O)(=O)CCN1C(=O)C(F)(F)C(F)(F)F. The number of hydrogen-bond acceptors (Lipinski definition) is 4. The second-order valence-corrected chi connectivity index (χ2v) is 6.67. The maximum absolute atomic E-state index is 13.0. The first kappa shape index (κ1) is 17.6. The molecule has 0 saturated carbocycles. The van der Waals surface area contributed by atoms with E-state index in [1.807, 2.05) is 0 Å². The summed E-state index contributed by atoms with van der Waals surface area (Å²) in [5, 5.41) is 8.56. The maximum Gasteiger partial charge on any atom is 0.463 e. The van der Waals surface area contributed by atoms with Crippen molar-refractivity contribution in [3.8, 4) is 0 Å². The molecule has 21 heavy (non-hydrogen) atoms. The van der Waals surface area contributed by atoms with E-state index in [1.54, 1.807) is 0 Å². The van der Waals surface area contributed by atoms with Crippen LogP contribution in [0.5, 0.6) is 0 Å². The molecular weight excluding hydrogens is 329 g/mol. The van der Waals surface area contributed by atoms with Crippen LogP contribution < -0.4 is 0 Å². The molecule has 1 unspecified atom stereocenters. The number of nitrogens with zero attached hydrogens (tertiary/aromatic N) is 1. The standard InChI is InChI=1S/C9H10F5NO5S/c10-8(11,9(12,13)14)7(18)15-1-2-21(19,20)4-5(15)3-6(16)17/h5H,1-4H2,(H,16,17). The van der Waals surface area contributed by atoms with Crippen molar-refractivity contribution in [2.75, 3.05) is 18.1 Å². The number of amides is 1. The molecule has 1 saturated heterocycles. The molecule has 1 aliphatic rings. The number of carboxylic acids is 1. The molecule has 0 aromatic carbocycles. The highest BCUT2D eigenvalue weighted by atomic mass is 32.2. The Labute approximate surface area is 115 Å². The minimum Gasteiger partial charge on any atom is -0.481 e. The Morgan fingerprint density at radius 1 is 1.19 bits per heavy atom. The van der Waals surface area contributed by atoms with E-state index in [2.05, 4.69) is 0 Å². The fraction of sp³-hybridized carbons (Fsp3) is 0.778. The zero-order valence-corrected chi connectivity index (χ0v) is 11.0. The number of alkyl halides is 5. The van der Waals surface area contributed by atoms with Crippen LogP contribution in [0, 0.1) is 0 Å². The van der Waals surface area contributed by atoms with E-state index in [9.17, 15) is 40.0 Å². The summed E-state index contributed by atoms with van der Waals surface area (Å²) in [6, 6.07) is -1.76. The quantitative estimate of drug-likeness (QED) is 0.746. The summed E-state index contributed by atoms with van der Waals surface area (Å²) >= 11 is 0. The van der Waals surface area contributed by atoms with Crippen LogP contribution in [0.3, 0.4) is 0 Å². The largest absolute Gasteiger partial charge is 0.481 e. The molecule has 6 nitrogen and oxygen atoms in total. The first-order valence-electron chi connectivity index (χ1n) is 5.46. The number of sulfone groups is 1. The highest BCUT2D eigenvalue weighted by Gasteiger charge is 2.65. The van der Waals surface area contributed by atoms with Crippen molar-refractivity contribution in [1.29, 1.82) is 0 Å². The lowest BCUT2D eigenvalue weighted by Crippen LogP contribution is -2.59. The number of rotatable bonds is 3. The second-order valence-electron chi connectivity index (χ2n) is 4.44. The Bertz CT molecular complexity index is 543. The topological polar surface area (TPSA) is 91.8 Å². The Balaban J connectivity index is 3.08. The van der Waals surface area contributed by atoms with Gasteiger partial charge in [-0.3, -0.25) is 9.59 Å². The van der Waals surface area contributed by atoms with E-state index in [0.29, 0.717) is 0 Å². The van der Waals surface area contributed by atoms with Crippen LogP contribution in [0.25, 0.3) is 0 Å². The van der Waals surface area contributed by atoms with Crippen LogP contribution in [0.1, 0.15) is 6.42 Å². The van der Waals surface area contributed by atoms with Crippen molar-refractivity contribution in [1.82, 2.24) is 4.90 Å². The van der Waals surface area contributed by atoms with E-state index in [4.69, 9.17) is 5.11 Å². The van der Waals surface area contributed by atoms with Gasteiger partial charge in [-0.2, -0.15) is 22.0 Å². The van der Waals surface area contributed by atoms with E-state index in [1.165, 1.54) is 0 Å². The van der Waals surface area contributed by atoms with Gasteiger partial charge in [-0.15, -0.1) is 0 Å². The minimum absolute atomic E-state index is 0.0251. The molecule has 1 aliphatic heterocycles. The molecule has 0 radical (unpaired) electrons. The molecule has 12 heteroatoms. The second kappa shape index (κ2) is 5.39. The van der Waals surface area contributed by atoms with Crippen LogP contribution in [0.4, 0.5) is 22.0 Å². The van der Waals surface area contributed by atoms with E-state index >= 15 is 0 Å². The molecule has 1 heterocycles. The van der Waals surface area contributed by atoms with E-state index < -0.39 is 64.3 Å². The fourth-order valence-electron chi connectivity index (χ4n) is 1.83. The maximum atomic E-state index is 13.0. The molecule has 1 rings (SSSR count). The summed E-state index contributed by atoms with van der Waals surface area (Å²) in [6.45, 7) is -0.912. The summed E-state index contributed by atoms with van der Waals surface area (Å²) in [4.78, 5) is 21.9. The van der Waals surface area contributed by atoms with Crippen molar-refractivity contribution in [3.05, 3.63) is 0 Å². The normalized spacial score (nSPS) is 22.9. The van der Waals surface area contributed by atoms with Crippen LogP contribution >= 0.6 is 0 Å². The minimum atomic E-state index is -6.14. The lowest BCUT2D eigenvalue weighted by Gasteiger charge is -2.36. The fourth-order valence-corrected chi connectivity index (χ4v) is 3.35. The first-order chi connectivity index (χ1) is 9.28. The van der Waals surface area contributed by atoms with Gasteiger partial charge in [0.15, 0.2) is 9.84 Å². The third-order valence-electron chi connectivity index (χ3n) is 2.83. The van der Waals surface area contributed by atoms with E-state index in [0.717, 1.165) is 0 Å². The highest BCUT2D eigenvalue weighted by Crippen LogP contribution is 2.38. The molecule has 0 spiro atoms. The number of aliphatic carboxylic acids is 1. The lowest BCUT2D eigenvalue weighted by atomic mass is 10.1. The van der Waals surface area contributed by atoms with E-state index in [-0.39, 0.29) is 4.90 Å². The van der Waals surface area contributed by atoms with Crippen molar-refractivity contribution >= 4 is 21.7 Å². The van der Waals surface area contributed by atoms with Crippen LogP contribution in [-0.4, -0.2) is 66.5 Å². The van der Waals surface area contributed by atoms with Crippen molar-refractivity contribution in [3.63, 3.8) is 0 Å². The average Bonchev–Trinajstić information content (AvgIpc) is 2.24. The van der Waals surface area contributed by atoms with Gasteiger partial charge in [0.1, 0.15) is 0 Å². The van der Waals surface area contributed by atoms with Gasteiger partial charge in [0.2, 0.25) is 0 Å². The highest BCUT2D eigenvalue weighted by molar-refractivity contribution is 7.91. The number of hydrogen-bond donors (Lipinski definition) is 1. The number of carbonyl (C=O) groups excluding carboxylic acids is 1. The van der Waals surface area contributed by atoms with Gasteiger partial charge in [0.25, 0.3) is 0 Å². The van der Waals surface area contributed by atoms with Gasteiger partial charge in [0.05, 0.1) is 24.0 Å². The monoisotopic (exact) mass is 339 g/mol. The summed E-state index contributed by atoms with van der Waals surface area (Å²) in [5.74, 6) is -11.7. The zero-order chi connectivity index (χ0) is 16.6. The van der Waals surface area contributed by atoms with Gasteiger partial charge >= 0.3 is 24.0 Å². The molecule has 122 valence electrons. The smallest absolute Gasteiger partial charge is 0.463 e. The van der Waals surface area contributed by atoms with Crippen molar-refractivity contribution in [2.45, 2.75) is 24.6 Å². The predicted molar refractivity (Wildman–Crippen MR) is 57.4 cm³/mol. The van der Waals surface area contributed by atoms with Gasteiger partial charge in [0, 0.05) is 6.54 Å².